The average molecular weight is 439 g/mol. The molecule has 3 nitrogen and oxygen atoms in total. The van der Waals surface area contributed by atoms with Crippen LogP contribution in [0.4, 0.5) is 0 Å². The molecule has 0 aromatic heterocycles. The van der Waals surface area contributed by atoms with Gasteiger partial charge in [0.1, 0.15) is 0 Å². The Morgan fingerprint density at radius 1 is 1.06 bits per heavy atom. The van der Waals surface area contributed by atoms with Gasteiger partial charge >= 0.3 is 5.71 Å². The molecule has 0 amide bonds. The third kappa shape index (κ3) is 3.49. The molecule has 0 aromatic carbocycles. The van der Waals surface area contributed by atoms with E-state index < -0.39 is 5.41 Å². The maximum Gasteiger partial charge on any atom is 0.336 e. The van der Waals surface area contributed by atoms with E-state index in [1.54, 1.807) is 0 Å². The highest BCUT2D eigenvalue weighted by molar-refractivity contribution is 6.41. The van der Waals surface area contributed by atoms with E-state index in [0.29, 0.717) is 29.4 Å². The van der Waals surface area contributed by atoms with Crippen molar-refractivity contribution < 1.29 is 9.58 Å². The first-order valence-corrected chi connectivity index (χ1v) is 13.4. The molecule has 4 rings (SSSR count). The van der Waals surface area contributed by atoms with E-state index in [-0.39, 0.29) is 11.2 Å². The number of carbonyl (C=O) groups excluding carboxylic acids is 1. The standard InChI is InChI=1S/C29H46N2O/c1-18(2)9-8-10-19(3)21-12-13-22-20-11-14-25-27(4,5)26(32)24(31-30)17-29(25,7)23(20)15-16-28(21,22)6/h14,18-23H,8-13,15-17H2,1-7H3. The summed E-state index contributed by atoms with van der Waals surface area (Å²) < 4.78 is 0. The minimum atomic E-state index is -0.552. The first-order chi connectivity index (χ1) is 15.0. The Morgan fingerprint density at radius 3 is 2.44 bits per heavy atom. The molecular formula is C29H46N2O. The lowest BCUT2D eigenvalue weighted by Gasteiger charge is -2.59. The van der Waals surface area contributed by atoms with Crippen molar-refractivity contribution in [3.05, 3.63) is 17.2 Å². The summed E-state index contributed by atoms with van der Waals surface area (Å²) in [6.07, 6.45) is 13.6. The summed E-state index contributed by atoms with van der Waals surface area (Å²) in [5.74, 6) is 4.61. The summed E-state index contributed by atoms with van der Waals surface area (Å²) in [6, 6.07) is 0. The van der Waals surface area contributed by atoms with E-state index in [1.165, 1.54) is 50.5 Å². The van der Waals surface area contributed by atoms with Crippen molar-refractivity contribution in [2.75, 3.05) is 0 Å². The Balaban J connectivity index is 1.59. The highest BCUT2D eigenvalue weighted by atomic mass is 16.1. The number of fused-ring (bicyclic) bond motifs is 5. The van der Waals surface area contributed by atoms with Crippen molar-refractivity contribution in [2.24, 2.45) is 51.8 Å². The second-order valence-electron chi connectivity index (χ2n) is 13.4. The van der Waals surface area contributed by atoms with Crippen LogP contribution in [0.3, 0.4) is 0 Å². The van der Waals surface area contributed by atoms with Gasteiger partial charge in [-0.2, -0.15) is 4.79 Å². The van der Waals surface area contributed by atoms with Gasteiger partial charge in [0.15, 0.2) is 0 Å². The lowest BCUT2D eigenvalue weighted by molar-refractivity contribution is -0.128. The Kier molecular flexibility index (Phi) is 6.15. The Bertz CT molecular complexity index is 847. The van der Waals surface area contributed by atoms with Crippen LogP contribution in [0.2, 0.25) is 0 Å². The molecule has 178 valence electrons. The second kappa shape index (κ2) is 8.23. The number of carbonyl (C=O) groups is 1. The van der Waals surface area contributed by atoms with Gasteiger partial charge in [0.2, 0.25) is 5.78 Å². The Morgan fingerprint density at radius 2 is 1.78 bits per heavy atom. The van der Waals surface area contributed by atoms with Crippen molar-refractivity contribution in [3.8, 4) is 0 Å². The number of ketones is 1. The fourth-order valence-electron chi connectivity index (χ4n) is 9.31. The molecule has 0 aromatic rings. The van der Waals surface area contributed by atoms with Crippen molar-refractivity contribution in [2.45, 2.75) is 106 Å². The molecule has 32 heavy (non-hydrogen) atoms. The third-order valence-electron chi connectivity index (χ3n) is 10.8. The van der Waals surface area contributed by atoms with Gasteiger partial charge in [-0.15, -0.1) is 0 Å². The topological polar surface area (TPSA) is 53.5 Å². The summed E-state index contributed by atoms with van der Waals surface area (Å²) in [6.45, 7) is 16.3. The Labute approximate surface area is 196 Å². The number of hydrogen-bond acceptors (Lipinski definition) is 1. The van der Waals surface area contributed by atoms with Crippen molar-refractivity contribution >= 4 is 11.5 Å². The molecule has 4 aliphatic carbocycles. The molecule has 0 saturated heterocycles. The predicted octanol–water partition coefficient (Wildman–Crippen LogP) is 7.51. The fraction of sp³-hybridized carbons (Fsp3) is 0.862. The number of nitrogens with zero attached hydrogens (tertiary/aromatic N) is 2. The van der Waals surface area contributed by atoms with Crippen LogP contribution >= 0.6 is 0 Å². The largest absolute Gasteiger partial charge is 0.361 e. The summed E-state index contributed by atoms with van der Waals surface area (Å²) >= 11 is 0. The van der Waals surface area contributed by atoms with Gasteiger partial charge in [0.25, 0.3) is 0 Å². The highest BCUT2D eigenvalue weighted by Gasteiger charge is 2.63. The average Bonchev–Trinajstić information content (AvgIpc) is 3.08. The van der Waals surface area contributed by atoms with Gasteiger partial charge in [0, 0.05) is 5.41 Å². The minimum Gasteiger partial charge on any atom is -0.361 e. The second-order valence-corrected chi connectivity index (χ2v) is 13.4. The Hall–Kier alpha value is -1.21. The predicted molar refractivity (Wildman–Crippen MR) is 131 cm³/mol. The minimum absolute atomic E-state index is 0.0129. The quantitative estimate of drug-likeness (QED) is 0.249. The normalized spacial score (nSPS) is 41.4. The lowest BCUT2D eigenvalue weighted by atomic mass is 9.44. The number of allylic oxidation sites excluding steroid dienone is 2. The molecule has 0 radical (unpaired) electrons. The van der Waals surface area contributed by atoms with Crippen molar-refractivity contribution in [1.82, 2.24) is 0 Å². The van der Waals surface area contributed by atoms with E-state index in [0.717, 1.165) is 30.1 Å². The molecule has 4 aliphatic rings. The van der Waals surface area contributed by atoms with Crippen LogP contribution in [0.15, 0.2) is 11.6 Å². The van der Waals surface area contributed by atoms with Crippen LogP contribution in [0, 0.1) is 51.8 Å². The molecule has 3 fully saturated rings. The molecule has 0 N–H and O–H groups in total. The lowest BCUT2D eigenvalue weighted by Crippen LogP contribution is -2.56. The molecule has 3 heteroatoms. The zero-order chi connectivity index (χ0) is 23.5. The van der Waals surface area contributed by atoms with Crippen LogP contribution in [0.5, 0.6) is 0 Å². The SMILES string of the molecule is CC(C)CCCC(C)C1CCC2C3CC=C4C(C)(C)C(=O)C(=[N+]=[N-])CC4(C)C3CCC12C. The zero-order valence-electron chi connectivity index (χ0n) is 21.7. The molecule has 3 saturated carbocycles. The first kappa shape index (κ1) is 23.9. The van der Waals surface area contributed by atoms with Crippen molar-refractivity contribution in [3.63, 3.8) is 0 Å². The van der Waals surface area contributed by atoms with E-state index in [9.17, 15) is 10.3 Å². The smallest absolute Gasteiger partial charge is 0.336 e. The summed E-state index contributed by atoms with van der Waals surface area (Å²) in [5.41, 5.74) is 11.2. The number of rotatable bonds is 5. The molecular weight excluding hydrogens is 392 g/mol. The molecule has 7 atom stereocenters. The number of hydrogen-bond donors (Lipinski definition) is 0. The van der Waals surface area contributed by atoms with Crippen LogP contribution in [0.25, 0.3) is 5.53 Å². The molecule has 7 unspecified atom stereocenters. The van der Waals surface area contributed by atoms with E-state index >= 15 is 0 Å². The van der Waals surface area contributed by atoms with Crippen LogP contribution in [-0.2, 0) is 4.79 Å². The maximum absolute atomic E-state index is 13.0. The van der Waals surface area contributed by atoms with Gasteiger partial charge in [-0.05, 0) is 86.9 Å². The van der Waals surface area contributed by atoms with Gasteiger partial charge in [0.05, 0.1) is 11.8 Å². The zero-order valence-corrected chi connectivity index (χ0v) is 21.7. The van der Waals surface area contributed by atoms with Crippen LogP contribution in [-0.4, -0.2) is 16.3 Å². The third-order valence-corrected chi connectivity index (χ3v) is 10.8. The highest BCUT2D eigenvalue weighted by Crippen LogP contribution is 2.68. The van der Waals surface area contributed by atoms with Gasteiger partial charge in [-0.1, -0.05) is 65.5 Å². The molecule has 0 bridgehead atoms. The number of Topliss-reactive ketones (excluding diaryl/α,β-unsaturated/α-hetero) is 1. The molecule has 0 spiro atoms. The van der Waals surface area contributed by atoms with Crippen molar-refractivity contribution in [1.29, 1.82) is 0 Å². The summed E-state index contributed by atoms with van der Waals surface area (Å²) in [5, 5.41) is 0. The van der Waals surface area contributed by atoms with Crippen LogP contribution in [0.1, 0.15) is 106 Å². The fourth-order valence-corrected chi connectivity index (χ4v) is 9.31. The van der Waals surface area contributed by atoms with Crippen LogP contribution < -0.4 is 0 Å². The summed E-state index contributed by atoms with van der Waals surface area (Å²) in [7, 11) is 0. The van der Waals surface area contributed by atoms with E-state index in [4.69, 9.17) is 0 Å². The molecule has 0 aliphatic heterocycles. The van der Waals surface area contributed by atoms with Gasteiger partial charge in [-0.3, -0.25) is 4.79 Å². The first-order valence-electron chi connectivity index (χ1n) is 13.4. The van der Waals surface area contributed by atoms with Gasteiger partial charge < -0.3 is 5.53 Å². The maximum atomic E-state index is 13.0. The monoisotopic (exact) mass is 438 g/mol. The molecule has 0 heterocycles. The van der Waals surface area contributed by atoms with Gasteiger partial charge in [-0.25, -0.2) is 0 Å². The summed E-state index contributed by atoms with van der Waals surface area (Å²) in [4.78, 5) is 16.5. The van der Waals surface area contributed by atoms with E-state index in [1.807, 2.05) is 13.8 Å². The van der Waals surface area contributed by atoms with E-state index in [2.05, 4.69) is 45.5 Å².